The summed E-state index contributed by atoms with van der Waals surface area (Å²) in [6, 6.07) is 5.38. The number of carbonyl (C=O) groups excluding carboxylic acids is 1. The third-order valence-corrected chi connectivity index (χ3v) is 2.44. The highest BCUT2D eigenvalue weighted by molar-refractivity contribution is 5.72. The van der Waals surface area contributed by atoms with Gasteiger partial charge in [0, 0.05) is 6.54 Å². The molecule has 17 heavy (non-hydrogen) atoms. The summed E-state index contributed by atoms with van der Waals surface area (Å²) < 4.78 is 10.9. The van der Waals surface area contributed by atoms with E-state index in [-0.39, 0.29) is 6.03 Å². The summed E-state index contributed by atoms with van der Waals surface area (Å²) in [6.07, 6.45) is 0.712. The van der Waals surface area contributed by atoms with Crippen LogP contribution in [0, 0.1) is 0 Å². The number of hydrazine groups is 1. The van der Waals surface area contributed by atoms with Crippen LogP contribution in [0.4, 0.5) is 4.79 Å². The summed E-state index contributed by atoms with van der Waals surface area (Å²) in [5.41, 5.74) is 3.08. The molecule has 1 aromatic rings. The largest absolute Gasteiger partial charge is 0.486 e. The van der Waals surface area contributed by atoms with Gasteiger partial charge in [-0.15, -0.1) is 0 Å². The number of hydrogen-bond acceptors (Lipinski definition) is 4. The van der Waals surface area contributed by atoms with Crippen molar-refractivity contribution in [2.75, 3.05) is 19.8 Å². The quantitative estimate of drug-likeness (QED) is 0.397. The summed E-state index contributed by atoms with van der Waals surface area (Å²) in [5, 5.41) is 2.61. The Kier molecular flexibility index (Phi) is 3.66. The van der Waals surface area contributed by atoms with Gasteiger partial charge in [-0.1, -0.05) is 6.07 Å². The van der Waals surface area contributed by atoms with Crippen LogP contribution in [-0.4, -0.2) is 25.8 Å². The third-order valence-electron chi connectivity index (χ3n) is 2.44. The fraction of sp³-hybridized carbons (Fsp3) is 0.364. The molecule has 0 bridgehead atoms. The first-order valence-corrected chi connectivity index (χ1v) is 5.42. The standard InChI is InChI=1S/C11H15N3O3/c12-14-11(15)13-4-3-8-1-2-9-10(7-8)17-6-5-16-9/h1-2,7H,3-6,12H2,(H2,13,14,15). The van der Waals surface area contributed by atoms with Crippen molar-refractivity contribution >= 4 is 6.03 Å². The van der Waals surface area contributed by atoms with Gasteiger partial charge in [0.2, 0.25) is 0 Å². The number of nitrogens with one attached hydrogen (secondary N) is 2. The minimum Gasteiger partial charge on any atom is -0.486 e. The minimum atomic E-state index is -0.387. The van der Waals surface area contributed by atoms with Crippen LogP contribution in [0.3, 0.4) is 0 Å². The first kappa shape index (κ1) is 11.5. The van der Waals surface area contributed by atoms with Crippen molar-refractivity contribution < 1.29 is 14.3 Å². The molecule has 1 heterocycles. The molecule has 0 fully saturated rings. The Hall–Kier alpha value is -1.95. The first-order valence-electron chi connectivity index (χ1n) is 5.42. The van der Waals surface area contributed by atoms with Crippen LogP contribution in [0.25, 0.3) is 0 Å². The van der Waals surface area contributed by atoms with Crippen molar-refractivity contribution in [3.63, 3.8) is 0 Å². The number of fused-ring (bicyclic) bond motifs is 1. The Morgan fingerprint density at radius 1 is 1.29 bits per heavy atom. The molecule has 0 aliphatic carbocycles. The second-order valence-corrected chi connectivity index (χ2v) is 3.63. The average molecular weight is 237 g/mol. The lowest BCUT2D eigenvalue weighted by molar-refractivity contribution is 0.171. The molecule has 6 nitrogen and oxygen atoms in total. The molecule has 1 aliphatic heterocycles. The Morgan fingerprint density at radius 2 is 2.06 bits per heavy atom. The molecule has 6 heteroatoms. The van der Waals surface area contributed by atoms with E-state index >= 15 is 0 Å². The average Bonchev–Trinajstić information content (AvgIpc) is 2.38. The van der Waals surface area contributed by atoms with Gasteiger partial charge >= 0.3 is 6.03 Å². The zero-order chi connectivity index (χ0) is 12.1. The van der Waals surface area contributed by atoms with E-state index in [9.17, 15) is 4.79 Å². The normalized spacial score (nSPS) is 13.0. The second kappa shape index (κ2) is 5.40. The van der Waals surface area contributed by atoms with Crippen molar-refractivity contribution in [1.82, 2.24) is 10.7 Å². The van der Waals surface area contributed by atoms with Gasteiger partial charge in [-0.25, -0.2) is 10.6 Å². The topological polar surface area (TPSA) is 85.6 Å². The first-order chi connectivity index (χ1) is 8.29. The van der Waals surface area contributed by atoms with Gasteiger partial charge in [-0.3, -0.25) is 5.43 Å². The highest BCUT2D eigenvalue weighted by Gasteiger charge is 2.11. The number of amides is 2. The fourth-order valence-electron chi connectivity index (χ4n) is 1.61. The van der Waals surface area contributed by atoms with Crippen LogP contribution in [0.2, 0.25) is 0 Å². The molecule has 1 aromatic carbocycles. The molecule has 0 saturated carbocycles. The maximum atomic E-state index is 10.8. The van der Waals surface area contributed by atoms with Crippen molar-refractivity contribution in [2.45, 2.75) is 6.42 Å². The lowest BCUT2D eigenvalue weighted by atomic mass is 10.1. The summed E-state index contributed by atoms with van der Waals surface area (Å²) in [4.78, 5) is 10.8. The van der Waals surface area contributed by atoms with Crippen LogP contribution in [0.15, 0.2) is 18.2 Å². The minimum absolute atomic E-state index is 0.387. The molecule has 0 atom stereocenters. The predicted octanol–water partition coefficient (Wildman–Crippen LogP) is 0.173. The Labute approximate surface area is 99.0 Å². The molecule has 0 saturated heterocycles. The zero-order valence-electron chi connectivity index (χ0n) is 9.36. The molecule has 92 valence electrons. The van der Waals surface area contributed by atoms with Gasteiger partial charge in [0.25, 0.3) is 0 Å². The van der Waals surface area contributed by atoms with Crippen LogP contribution < -0.4 is 26.1 Å². The monoisotopic (exact) mass is 237 g/mol. The van der Waals surface area contributed by atoms with Crippen LogP contribution in [0.1, 0.15) is 5.56 Å². The molecule has 0 unspecified atom stereocenters. The summed E-state index contributed by atoms with van der Waals surface area (Å²) in [5.74, 6) is 6.48. The molecule has 2 amide bonds. The number of hydrogen-bond donors (Lipinski definition) is 3. The molecular formula is C11H15N3O3. The number of urea groups is 1. The van der Waals surface area contributed by atoms with E-state index in [0.29, 0.717) is 26.2 Å². The SMILES string of the molecule is NNC(=O)NCCc1ccc2c(c1)OCCO2. The van der Waals surface area contributed by atoms with Crippen LogP contribution in [0.5, 0.6) is 11.5 Å². The summed E-state index contributed by atoms with van der Waals surface area (Å²) in [7, 11) is 0. The fourth-order valence-corrected chi connectivity index (χ4v) is 1.61. The van der Waals surface area contributed by atoms with E-state index < -0.39 is 0 Å². The summed E-state index contributed by atoms with van der Waals surface area (Å²) >= 11 is 0. The predicted molar refractivity (Wildman–Crippen MR) is 61.9 cm³/mol. The highest BCUT2D eigenvalue weighted by Crippen LogP contribution is 2.30. The summed E-state index contributed by atoms with van der Waals surface area (Å²) in [6.45, 7) is 1.68. The molecule has 4 N–H and O–H groups in total. The van der Waals surface area contributed by atoms with Gasteiger partial charge < -0.3 is 14.8 Å². The Bertz CT molecular complexity index is 409. The number of carbonyl (C=O) groups is 1. The van der Waals surface area contributed by atoms with Crippen LogP contribution >= 0.6 is 0 Å². The van der Waals surface area contributed by atoms with Crippen molar-refractivity contribution in [1.29, 1.82) is 0 Å². The Morgan fingerprint density at radius 3 is 2.82 bits per heavy atom. The molecule has 0 aromatic heterocycles. The second-order valence-electron chi connectivity index (χ2n) is 3.63. The number of benzene rings is 1. The van der Waals surface area contributed by atoms with E-state index in [1.807, 2.05) is 23.6 Å². The smallest absolute Gasteiger partial charge is 0.328 e. The van der Waals surface area contributed by atoms with E-state index in [0.717, 1.165) is 17.1 Å². The van der Waals surface area contributed by atoms with Gasteiger partial charge in [0.05, 0.1) is 0 Å². The van der Waals surface area contributed by atoms with E-state index in [4.69, 9.17) is 15.3 Å². The van der Waals surface area contributed by atoms with Gasteiger partial charge in [-0.2, -0.15) is 0 Å². The maximum absolute atomic E-state index is 10.8. The number of ether oxygens (including phenoxy) is 2. The molecule has 0 spiro atoms. The molecule has 0 radical (unpaired) electrons. The van der Waals surface area contributed by atoms with Gasteiger partial charge in [0.1, 0.15) is 13.2 Å². The molecule has 1 aliphatic rings. The van der Waals surface area contributed by atoms with E-state index in [1.54, 1.807) is 0 Å². The lowest BCUT2D eigenvalue weighted by Gasteiger charge is -2.18. The van der Waals surface area contributed by atoms with Crippen molar-refractivity contribution in [3.8, 4) is 11.5 Å². The van der Waals surface area contributed by atoms with Gasteiger partial charge in [0.15, 0.2) is 11.5 Å². The van der Waals surface area contributed by atoms with Gasteiger partial charge in [-0.05, 0) is 24.1 Å². The van der Waals surface area contributed by atoms with Crippen molar-refractivity contribution in [3.05, 3.63) is 23.8 Å². The number of nitrogens with two attached hydrogens (primary N) is 1. The van der Waals surface area contributed by atoms with E-state index in [2.05, 4.69) is 5.32 Å². The zero-order valence-corrected chi connectivity index (χ0v) is 9.36. The maximum Gasteiger partial charge on any atom is 0.328 e. The molecular weight excluding hydrogens is 222 g/mol. The van der Waals surface area contributed by atoms with Crippen LogP contribution in [-0.2, 0) is 6.42 Å². The Balaban J connectivity index is 1.91. The number of rotatable bonds is 3. The molecule has 2 rings (SSSR count). The van der Waals surface area contributed by atoms with Crippen molar-refractivity contribution in [2.24, 2.45) is 5.84 Å². The third kappa shape index (κ3) is 3.01. The highest BCUT2D eigenvalue weighted by atomic mass is 16.6. The lowest BCUT2D eigenvalue weighted by Crippen LogP contribution is -2.40. The van der Waals surface area contributed by atoms with E-state index in [1.165, 1.54) is 0 Å².